The van der Waals surface area contributed by atoms with Gasteiger partial charge in [-0.25, -0.2) is 0 Å². The van der Waals surface area contributed by atoms with Crippen molar-refractivity contribution < 1.29 is 19.4 Å². The van der Waals surface area contributed by atoms with Gasteiger partial charge < -0.3 is 9.84 Å². The van der Waals surface area contributed by atoms with E-state index in [-0.39, 0.29) is 25.4 Å². The second-order valence-electron chi connectivity index (χ2n) is 5.30. The Kier molecular flexibility index (Phi) is 10.1. The third kappa shape index (κ3) is 9.76. The fraction of sp³-hybridized carbons (Fsp3) is 0.238. The molecule has 25 heavy (non-hydrogen) atoms. The van der Waals surface area contributed by atoms with Crippen LogP contribution in [0.3, 0.4) is 0 Å². The summed E-state index contributed by atoms with van der Waals surface area (Å²) in [6, 6.07) is 20.8. The molecule has 132 valence electrons. The number of carboxylic acid groups (broad SMARTS) is 1. The van der Waals surface area contributed by atoms with E-state index >= 15 is 0 Å². The van der Waals surface area contributed by atoms with Gasteiger partial charge >= 0.3 is 11.9 Å². The Hall–Kier alpha value is -2.88. The number of carbonyl (C=O) groups is 2. The molecule has 0 aliphatic rings. The van der Waals surface area contributed by atoms with Crippen molar-refractivity contribution in [2.75, 3.05) is 6.61 Å². The van der Waals surface area contributed by atoms with Crippen LogP contribution in [0, 0.1) is 0 Å². The summed E-state index contributed by atoms with van der Waals surface area (Å²) >= 11 is 0. The molecule has 0 atom stereocenters. The van der Waals surface area contributed by atoms with Crippen molar-refractivity contribution in [1.82, 2.24) is 0 Å². The molecule has 0 unspecified atom stereocenters. The van der Waals surface area contributed by atoms with Gasteiger partial charge in [-0.2, -0.15) is 0 Å². The number of hydrogen-bond donors (Lipinski definition) is 1. The number of hydrogen-bond acceptors (Lipinski definition) is 3. The second kappa shape index (κ2) is 12.5. The highest BCUT2D eigenvalue weighted by Crippen LogP contribution is 2.17. The van der Waals surface area contributed by atoms with Gasteiger partial charge in [0.1, 0.15) is 6.61 Å². The quantitative estimate of drug-likeness (QED) is 0.429. The lowest BCUT2D eigenvalue weighted by Crippen LogP contribution is -2.04. The maximum Gasteiger partial charge on any atom is 0.306 e. The summed E-state index contributed by atoms with van der Waals surface area (Å²) in [7, 11) is 0. The third-order valence-corrected chi connectivity index (χ3v) is 3.26. The summed E-state index contributed by atoms with van der Waals surface area (Å²) in [5, 5.41) is 8.29. The molecular weight excluding hydrogens is 316 g/mol. The number of unbranched alkanes of at least 4 members (excludes halogenated alkanes) is 1. The second-order valence-corrected chi connectivity index (χ2v) is 5.30. The van der Waals surface area contributed by atoms with Crippen molar-refractivity contribution >= 4 is 11.9 Å². The minimum Gasteiger partial charge on any atom is -0.481 e. The average molecular weight is 340 g/mol. The zero-order valence-electron chi connectivity index (χ0n) is 14.3. The molecule has 4 heteroatoms. The van der Waals surface area contributed by atoms with E-state index in [1.807, 2.05) is 12.1 Å². The van der Waals surface area contributed by atoms with Gasteiger partial charge in [-0.1, -0.05) is 73.3 Å². The van der Waals surface area contributed by atoms with E-state index in [4.69, 9.17) is 9.84 Å². The fourth-order valence-corrected chi connectivity index (χ4v) is 2.03. The number of carbonyl (C=O) groups excluding carboxylic acids is 1. The highest BCUT2D eigenvalue weighted by atomic mass is 16.5. The lowest BCUT2D eigenvalue weighted by molar-refractivity contribution is -0.143. The van der Waals surface area contributed by atoms with Crippen molar-refractivity contribution in [3.05, 3.63) is 73.3 Å². The molecule has 1 N–H and O–H groups in total. The van der Waals surface area contributed by atoms with E-state index in [0.29, 0.717) is 12.8 Å². The molecule has 0 saturated carbocycles. The van der Waals surface area contributed by atoms with E-state index in [1.54, 1.807) is 0 Å². The molecule has 0 aliphatic heterocycles. The highest BCUT2D eigenvalue weighted by molar-refractivity contribution is 5.69. The van der Waals surface area contributed by atoms with Crippen molar-refractivity contribution in [3.63, 3.8) is 0 Å². The van der Waals surface area contributed by atoms with Crippen LogP contribution in [0.5, 0.6) is 0 Å². The molecule has 0 spiro atoms. The molecule has 4 nitrogen and oxygen atoms in total. The van der Waals surface area contributed by atoms with Crippen molar-refractivity contribution in [3.8, 4) is 11.1 Å². The average Bonchev–Trinajstić information content (AvgIpc) is 2.65. The summed E-state index contributed by atoms with van der Waals surface area (Å²) in [6.45, 7) is 3.62. The number of esters is 1. The monoisotopic (exact) mass is 340 g/mol. The van der Waals surface area contributed by atoms with Gasteiger partial charge in [0, 0.05) is 12.8 Å². The molecular formula is C21H24O4. The molecule has 0 aliphatic carbocycles. The van der Waals surface area contributed by atoms with E-state index in [1.165, 1.54) is 17.2 Å². The lowest BCUT2D eigenvalue weighted by Gasteiger charge is -2.00. The predicted octanol–water partition coefficient (Wildman–Crippen LogP) is 4.71. The van der Waals surface area contributed by atoms with Crippen LogP contribution in [0.25, 0.3) is 11.1 Å². The van der Waals surface area contributed by atoms with Crippen LogP contribution in [0.15, 0.2) is 73.3 Å². The smallest absolute Gasteiger partial charge is 0.306 e. The summed E-state index contributed by atoms with van der Waals surface area (Å²) in [5.41, 5.74) is 2.55. The zero-order chi connectivity index (χ0) is 18.3. The topological polar surface area (TPSA) is 63.6 Å². The third-order valence-electron chi connectivity index (χ3n) is 3.26. The van der Waals surface area contributed by atoms with Crippen LogP contribution in [-0.2, 0) is 14.3 Å². The van der Waals surface area contributed by atoms with Crippen molar-refractivity contribution in [1.29, 1.82) is 0 Å². The molecule has 0 bridgehead atoms. The Bertz CT molecular complexity index is 598. The minimum absolute atomic E-state index is 0.106. The van der Waals surface area contributed by atoms with Gasteiger partial charge in [0.15, 0.2) is 0 Å². The van der Waals surface area contributed by atoms with E-state index in [2.05, 4.69) is 55.1 Å². The number of rotatable bonds is 8. The first-order valence-corrected chi connectivity index (χ1v) is 8.22. The SMILES string of the molecule is C=CCOC(=O)CCCCC(=O)O.c1ccc(-c2ccccc2)cc1. The first-order valence-electron chi connectivity index (χ1n) is 8.22. The summed E-state index contributed by atoms with van der Waals surface area (Å²) in [4.78, 5) is 20.9. The molecule has 0 heterocycles. The number of aliphatic carboxylic acids is 1. The van der Waals surface area contributed by atoms with Gasteiger partial charge in [-0.05, 0) is 24.0 Å². The Balaban J connectivity index is 0.000000250. The summed E-state index contributed by atoms with van der Waals surface area (Å²) in [5.74, 6) is -1.13. The van der Waals surface area contributed by atoms with Gasteiger partial charge in [0.25, 0.3) is 0 Å². The molecule has 0 saturated heterocycles. The maximum atomic E-state index is 10.8. The fourth-order valence-electron chi connectivity index (χ4n) is 2.03. The number of carboxylic acids is 1. The van der Waals surface area contributed by atoms with Crippen LogP contribution >= 0.6 is 0 Å². The lowest BCUT2D eigenvalue weighted by atomic mass is 10.1. The van der Waals surface area contributed by atoms with E-state index < -0.39 is 5.97 Å². The number of benzene rings is 2. The Labute approximate surface area is 148 Å². The van der Waals surface area contributed by atoms with Gasteiger partial charge in [-0.3, -0.25) is 9.59 Å². The minimum atomic E-state index is -0.834. The molecule has 0 aromatic heterocycles. The van der Waals surface area contributed by atoms with E-state index in [9.17, 15) is 9.59 Å². The molecule has 0 fully saturated rings. The Morgan fingerprint density at radius 3 is 1.80 bits per heavy atom. The standard InChI is InChI=1S/C12H10.C9H14O4/c1-3-7-11(8-4-1)12-9-5-2-6-10-12;1-2-7-13-9(12)6-4-3-5-8(10)11/h1-10H;2H,1,3-7H2,(H,10,11). The van der Waals surface area contributed by atoms with Gasteiger partial charge in [-0.15, -0.1) is 0 Å². The predicted molar refractivity (Wildman–Crippen MR) is 99.1 cm³/mol. The Morgan fingerprint density at radius 2 is 1.36 bits per heavy atom. The van der Waals surface area contributed by atoms with Crippen LogP contribution in [0.1, 0.15) is 25.7 Å². The first kappa shape index (κ1) is 20.2. The zero-order valence-corrected chi connectivity index (χ0v) is 14.3. The summed E-state index contributed by atoms with van der Waals surface area (Å²) < 4.78 is 4.69. The van der Waals surface area contributed by atoms with Gasteiger partial charge in [0.05, 0.1) is 0 Å². The molecule has 2 rings (SSSR count). The number of ether oxygens (including phenoxy) is 1. The normalized spacial score (nSPS) is 9.44. The summed E-state index contributed by atoms with van der Waals surface area (Å²) in [6.07, 6.45) is 2.95. The van der Waals surface area contributed by atoms with Crippen molar-refractivity contribution in [2.24, 2.45) is 0 Å². The van der Waals surface area contributed by atoms with E-state index in [0.717, 1.165) is 0 Å². The van der Waals surface area contributed by atoms with Crippen LogP contribution < -0.4 is 0 Å². The molecule has 0 radical (unpaired) electrons. The van der Waals surface area contributed by atoms with Gasteiger partial charge in [0.2, 0.25) is 0 Å². The van der Waals surface area contributed by atoms with Crippen molar-refractivity contribution in [2.45, 2.75) is 25.7 Å². The maximum absolute atomic E-state index is 10.8. The Morgan fingerprint density at radius 1 is 0.880 bits per heavy atom. The molecule has 2 aromatic carbocycles. The van der Waals surface area contributed by atoms with Crippen LogP contribution in [0.2, 0.25) is 0 Å². The highest BCUT2D eigenvalue weighted by Gasteiger charge is 2.02. The van der Waals surface area contributed by atoms with Crippen LogP contribution in [0.4, 0.5) is 0 Å². The van der Waals surface area contributed by atoms with Crippen LogP contribution in [-0.4, -0.2) is 23.7 Å². The first-order chi connectivity index (χ1) is 12.1. The molecule has 2 aromatic rings. The largest absolute Gasteiger partial charge is 0.481 e. The molecule has 0 amide bonds.